The summed E-state index contributed by atoms with van der Waals surface area (Å²) >= 11 is 1.82. The number of anilines is 1. The van der Waals surface area contributed by atoms with Crippen LogP contribution in [0, 0.1) is 0 Å². The number of aromatic nitrogens is 3. The predicted molar refractivity (Wildman–Crippen MR) is 168 cm³/mol. The van der Waals surface area contributed by atoms with Gasteiger partial charge in [-0.25, -0.2) is 0 Å². The Balaban J connectivity index is 1.39. The van der Waals surface area contributed by atoms with Gasteiger partial charge in [0.15, 0.2) is 0 Å². The fourth-order valence-electron chi connectivity index (χ4n) is 5.61. The average molecular weight is 575 g/mol. The zero-order valence-electron chi connectivity index (χ0n) is 24.3. The highest BCUT2D eigenvalue weighted by atomic mass is 32.2. The number of hydrogen-bond acceptors (Lipinski definition) is 6. The van der Waals surface area contributed by atoms with Crippen LogP contribution in [0.5, 0.6) is 0 Å². The van der Waals surface area contributed by atoms with Gasteiger partial charge < -0.3 is 24.6 Å². The lowest BCUT2D eigenvalue weighted by Gasteiger charge is -2.26. The van der Waals surface area contributed by atoms with Gasteiger partial charge in [-0.2, -0.15) is 5.10 Å². The number of carbonyl (C=O) groups excluding carboxylic acids is 1. The molecule has 4 aromatic rings. The molecular formula is C32H42N6O2S. The van der Waals surface area contributed by atoms with E-state index in [4.69, 9.17) is 0 Å². The van der Waals surface area contributed by atoms with Crippen LogP contribution in [0.25, 0.3) is 10.9 Å². The number of aryl methyl sites for hydroxylation is 3. The van der Waals surface area contributed by atoms with Gasteiger partial charge in [0.1, 0.15) is 0 Å². The zero-order valence-corrected chi connectivity index (χ0v) is 25.2. The number of carbonyl (C=O) groups is 1. The second-order valence-electron chi connectivity index (χ2n) is 10.7. The lowest BCUT2D eigenvalue weighted by molar-refractivity contribution is 0.0830. The number of nitrogens with zero attached hydrogens (tertiary/aromatic N) is 4. The van der Waals surface area contributed by atoms with Crippen LogP contribution >= 0.6 is 11.9 Å². The smallest absolute Gasteiger partial charge is 0.251 e. The van der Waals surface area contributed by atoms with Gasteiger partial charge in [-0.1, -0.05) is 43.7 Å². The Labute approximate surface area is 247 Å². The molecule has 0 saturated carbocycles. The Bertz CT molecular complexity index is 1450. The van der Waals surface area contributed by atoms with E-state index >= 15 is 0 Å². The van der Waals surface area contributed by atoms with Crippen molar-refractivity contribution in [1.29, 1.82) is 0 Å². The van der Waals surface area contributed by atoms with Gasteiger partial charge in [-0.05, 0) is 61.9 Å². The van der Waals surface area contributed by atoms with E-state index in [1.807, 2.05) is 65.4 Å². The van der Waals surface area contributed by atoms with Crippen LogP contribution in [0.3, 0.4) is 0 Å². The SMILES string of the molecule is CCCc1cn2c3c(cc(C(=O)N[C@@H](Cc4ccccc4)[C@H](O)CNCc4cnn(CC)c4)cc13)N(CC)SCC2. The van der Waals surface area contributed by atoms with Crippen molar-refractivity contribution in [3.05, 3.63) is 83.3 Å². The van der Waals surface area contributed by atoms with Crippen LogP contribution in [0.15, 0.2) is 61.1 Å². The van der Waals surface area contributed by atoms with E-state index < -0.39 is 12.1 Å². The first-order valence-electron chi connectivity index (χ1n) is 14.8. The van der Waals surface area contributed by atoms with Crippen molar-refractivity contribution in [3.8, 4) is 0 Å². The molecule has 0 bridgehead atoms. The minimum atomic E-state index is -0.773. The normalized spacial score (nSPS) is 14.7. The molecule has 41 heavy (non-hydrogen) atoms. The summed E-state index contributed by atoms with van der Waals surface area (Å²) < 4.78 is 6.55. The molecule has 3 N–H and O–H groups in total. The molecule has 0 radical (unpaired) electrons. The van der Waals surface area contributed by atoms with Gasteiger partial charge in [0.05, 0.1) is 29.5 Å². The van der Waals surface area contributed by atoms with Crippen molar-refractivity contribution in [1.82, 2.24) is 25.0 Å². The Morgan fingerprint density at radius 1 is 1.10 bits per heavy atom. The molecule has 218 valence electrons. The lowest BCUT2D eigenvalue weighted by Crippen LogP contribution is -2.48. The van der Waals surface area contributed by atoms with Gasteiger partial charge in [-0.3, -0.25) is 9.48 Å². The summed E-state index contributed by atoms with van der Waals surface area (Å²) in [7, 11) is 0. The topological polar surface area (TPSA) is 87.4 Å². The van der Waals surface area contributed by atoms with Crippen molar-refractivity contribution in [2.75, 3.05) is 23.1 Å². The quantitative estimate of drug-likeness (QED) is 0.199. The molecule has 2 atom stereocenters. The van der Waals surface area contributed by atoms with Crippen molar-refractivity contribution in [2.45, 2.75) is 71.8 Å². The summed E-state index contributed by atoms with van der Waals surface area (Å²) in [5.74, 6) is 0.838. The molecular weight excluding hydrogens is 532 g/mol. The number of nitrogens with one attached hydrogen (secondary N) is 2. The maximum atomic E-state index is 13.9. The Morgan fingerprint density at radius 3 is 2.66 bits per heavy atom. The molecule has 9 heteroatoms. The summed E-state index contributed by atoms with van der Waals surface area (Å²) in [6, 6.07) is 13.7. The molecule has 0 fully saturated rings. The van der Waals surface area contributed by atoms with Crippen LogP contribution < -0.4 is 14.9 Å². The molecule has 3 heterocycles. The molecule has 0 saturated heterocycles. The second-order valence-corrected chi connectivity index (χ2v) is 11.8. The predicted octanol–water partition coefficient (Wildman–Crippen LogP) is 4.79. The summed E-state index contributed by atoms with van der Waals surface area (Å²) in [5.41, 5.74) is 6.36. The van der Waals surface area contributed by atoms with E-state index in [0.717, 1.165) is 60.4 Å². The summed E-state index contributed by atoms with van der Waals surface area (Å²) in [4.78, 5) is 13.9. The van der Waals surface area contributed by atoms with Crippen molar-refractivity contribution in [3.63, 3.8) is 0 Å². The molecule has 8 nitrogen and oxygen atoms in total. The maximum Gasteiger partial charge on any atom is 0.251 e. The number of rotatable bonds is 13. The molecule has 0 aliphatic carbocycles. The third-order valence-corrected chi connectivity index (χ3v) is 8.86. The third-order valence-electron chi connectivity index (χ3n) is 7.72. The Kier molecular flexibility index (Phi) is 9.69. The fourth-order valence-corrected chi connectivity index (χ4v) is 6.57. The van der Waals surface area contributed by atoms with E-state index in [0.29, 0.717) is 25.1 Å². The van der Waals surface area contributed by atoms with Crippen molar-refractivity contribution < 1.29 is 9.90 Å². The molecule has 1 aliphatic heterocycles. The first-order chi connectivity index (χ1) is 20.0. The van der Waals surface area contributed by atoms with E-state index in [2.05, 4.69) is 57.6 Å². The van der Waals surface area contributed by atoms with E-state index in [1.54, 1.807) is 0 Å². The van der Waals surface area contributed by atoms with Gasteiger partial charge in [0.2, 0.25) is 0 Å². The van der Waals surface area contributed by atoms with Crippen LogP contribution in [0.1, 0.15) is 54.2 Å². The van der Waals surface area contributed by atoms with Gasteiger partial charge in [0.25, 0.3) is 5.91 Å². The average Bonchev–Trinajstić information content (AvgIpc) is 3.54. The highest BCUT2D eigenvalue weighted by Gasteiger charge is 2.26. The number of hydrogen-bond donors (Lipinski definition) is 3. The fraction of sp³-hybridized carbons (Fsp3) is 0.438. The first-order valence-corrected chi connectivity index (χ1v) is 15.8. The van der Waals surface area contributed by atoms with Crippen LogP contribution in [0.4, 0.5) is 5.69 Å². The van der Waals surface area contributed by atoms with Gasteiger partial charge in [-0.15, -0.1) is 0 Å². The number of aliphatic hydroxyl groups excluding tert-OH is 1. The van der Waals surface area contributed by atoms with E-state index in [1.165, 1.54) is 11.1 Å². The van der Waals surface area contributed by atoms with Crippen molar-refractivity contribution in [2.24, 2.45) is 0 Å². The number of aliphatic hydroxyl groups is 1. The summed E-state index contributed by atoms with van der Waals surface area (Å²) in [5, 5.41) is 23.3. The minimum absolute atomic E-state index is 0.159. The number of benzene rings is 2. The van der Waals surface area contributed by atoms with E-state index in [-0.39, 0.29) is 5.91 Å². The van der Waals surface area contributed by atoms with Crippen molar-refractivity contribution >= 4 is 34.4 Å². The largest absolute Gasteiger partial charge is 0.390 e. The molecule has 5 rings (SSSR count). The summed E-state index contributed by atoms with van der Waals surface area (Å²) in [6.07, 6.45) is 7.91. The van der Waals surface area contributed by atoms with Gasteiger partial charge >= 0.3 is 0 Å². The third kappa shape index (κ3) is 6.80. The molecule has 2 aromatic heterocycles. The standard InChI is InChI=1S/C32H42N6O2S/c1-4-10-25-22-36-13-14-41-38(6-3)29-17-26(16-27(25)31(29)36)32(40)35-28(15-23-11-8-7-9-12-23)30(39)20-33-18-24-19-34-37(5-2)21-24/h7-9,11-12,16-17,19,21-22,28,30,33,39H,4-6,10,13-15,18,20H2,1-3H3,(H,35,40)/t28-,30+/m0/s1. The first kappa shape index (κ1) is 29.2. The Hall–Kier alpha value is -3.27. The highest BCUT2D eigenvalue weighted by molar-refractivity contribution is 8.00. The Morgan fingerprint density at radius 2 is 1.93 bits per heavy atom. The molecule has 0 unspecified atom stereocenters. The molecule has 2 aromatic carbocycles. The van der Waals surface area contributed by atoms with E-state index in [9.17, 15) is 9.90 Å². The molecule has 1 amide bonds. The van der Waals surface area contributed by atoms with Crippen LogP contribution in [0.2, 0.25) is 0 Å². The van der Waals surface area contributed by atoms with Gasteiger partial charge in [0, 0.05) is 67.4 Å². The highest BCUT2D eigenvalue weighted by Crippen LogP contribution is 2.38. The van der Waals surface area contributed by atoms with Crippen LogP contribution in [-0.4, -0.2) is 56.3 Å². The second kappa shape index (κ2) is 13.6. The zero-order chi connectivity index (χ0) is 28.8. The summed E-state index contributed by atoms with van der Waals surface area (Å²) in [6.45, 7) is 9.99. The lowest BCUT2D eigenvalue weighted by atomic mass is 9.99. The number of amides is 1. The monoisotopic (exact) mass is 574 g/mol. The molecule has 1 aliphatic rings. The van der Waals surface area contributed by atoms with Crippen LogP contribution in [-0.2, 0) is 32.5 Å². The maximum absolute atomic E-state index is 13.9. The minimum Gasteiger partial charge on any atom is -0.390 e. The molecule has 0 spiro atoms.